The fourth-order valence-electron chi connectivity index (χ4n) is 2.12. The molecule has 0 amide bonds. The van der Waals surface area contributed by atoms with Crippen molar-refractivity contribution in [1.29, 1.82) is 0 Å². The highest BCUT2D eigenvalue weighted by atomic mass is 32.1. The first-order valence-corrected chi connectivity index (χ1v) is 6.73. The van der Waals surface area contributed by atoms with Crippen LogP contribution in [-0.4, -0.2) is 7.11 Å². The highest BCUT2D eigenvalue weighted by molar-refractivity contribution is 7.22. The normalized spacial score (nSPS) is 10.8. The van der Waals surface area contributed by atoms with E-state index in [2.05, 4.69) is 37.3 Å². The van der Waals surface area contributed by atoms with Crippen molar-refractivity contribution in [2.75, 3.05) is 7.11 Å². The number of para-hydroxylation sites is 1. The van der Waals surface area contributed by atoms with Crippen LogP contribution >= 0.6 is 11.3 Å². The molecule has 0 aliphatic heterocycles. The quantitative estimate of drug-likeness (QED) is 0.633. The molecule has 0 aliphatic carbocycles. The molecule has 18 heavy (non-hydrogen) atoms. The van der Waals surface area contributed by atoms with E-state index < -0.39 is 0 Å². The lowest BCUT2D eigenvalue weighted by Gasteiger charge is -2.05. The second kappa shape index (κ2) is 4.46. The van der Waals surface area contributed by atoms with Crippen molar-refractivity contribution in [3.63, 3.8) is 0 Å². The molecule has 0 aliphatic rings. The molecule has 0 N–H and O–H groups in total. The van der Waals surface area contributed by atoms with Gasteiger partial charge in [-0.1, -0.05) is 24.3 Å². The smallest absolute Gasteiger partial charge is 0.127 e. The summed E-state index contributed by atoms with van der Waals surface area (Å²) in [6.45, 7) is 2.13. The highest BCUT2D eigenvalue weighted by Crippen LogP contribution is 2.38. The maximum absolute atomic E-state index is 5.43. The van der Waals surface area contributed by atoms with Crippen LogP contribution in [0.5, 0.6) is 5.75 Å². The third kappa shape index (κ3) is 1.89. The summed E-state index contributed by atoms with van der Waals surface area (Å²) in [5.74, 6) is 0.931. The predicted molar refractivity (Wildman–Crippen MR) is 78.6 cm³/mol. The summed E-state index contributed by atoms with van der Waals surface area (Å²) >= 11 is 1.81. The van der Waals surface area contributed by atoms with E-state index in [9.17, 15) is 0 Å². The monoisotopic (exact) mass is 254 g/mol. The van der Waals surface area contributed by atoms with Crippen LogP contribution in [0.15, 0.2) is 48.5 Å². The first-order chi connectivity index (χ1) is 8.78. The summed E-state index contributed by atoms with van der Waals surface area (Å²) in [7, 11) is 1.72. The molecule has 3 rings (SSSR count). The van der Waals surface area contributed by atoms with Crippen LogP contribution in [0.3, 0.4) is 0 Å². The van der Waals surface area contributed by atoms with Crippen LogP contribution in [0.25, 0.3) is 20.5 Å². The summed E-state index contributed by atoms with van der Waals surface area (Å²) in [4.78, 5) is 1.26. The van der Waals surface area contributed by atoms with E-state index in [1.54, 1.807) is 7.11 Å². The van der Waals surface area contributed by atoms with E-state index in [0.29, 0.717) is 0 Å². The van der Waals surface area contributed by atoms with Gasteiger partial charge in [0, 0.05) is 15.1 Å². The molecule has 90 valence electrons. The van der Waals surface area contributed by atoms with E-state index in [4.69, 9.17) is 4.74 Å². The summed E-state index contributed by atoms with van der Waals surface area (Å²) in [6, 6.07) is 17.0. The van der Waals surface area contributed by atoms with Gasteiger partial charge < -0.3 is 4.74 Å². The molecule has 1 aromatic heterocycles. The molecule has 0 saturated heterocycles. The molecule has 0 fully saturated rings. The van der Waals surface area contributed by atoms with Crippen LogP contribution in [0.4, 0.5) is 0 Å². The van der Waals surface area contributed by atoms with Gasteiger partial charge in [-0.05, 0) is 42.1 Å². The lowest BCUT2D eigenvalue weighted by molar-refractivity contribution is 0.416. The number of rotatable bonds is 2. The number of methoxy groups -OCH3 is 1. The molecular weight excluding hydrogens is 240 g/mol. The molecule has 0 unspecified atom stereocenters. The van der Waals surface area contributed by atoms with Crippen molar-refractivity contribution in [2.24, 2.45) is 0 Å². The van der Waals surface area contributed by atoms with Gasteiger partial charge in [-0.15, -0.1) is 11.3 Å². The number of thiophene rings is 1. The molecule has 0 saturated carbocycles. The Kier molecular flexibility index (Phi) is 2.80. The van der Waals surface area contributed by atoms with Crippen molar-refractivity contribution in [3.8, 4) is 16.2 Å². The Morgan fingerprint density at radius 2 is 1.83 bits per heavy atom. The molecule has 0 atom stereocenters. The SMILES string of the molecule is COc1ccccc1-c1cc2ccc(C)cc2s1. The Morgan fingerprint density at radius 3 is 2.67 bits per heavy atom. The van der Waals surface area contributed by atoms with Crippen LogP contribution in [0.1, 0.15) is 5.56 Å². The van der Waals surface area contributed by atoms with Gasteiger partial charge in [0.2, 0.25) is 0 Å². The Labute approximate surface area is 111 Å². The lowest BCUT2D eigenvalue weighted by Crippen LogP contribution is -1.84. The van der Waals surface area contributed by atoms with Crippen LogP contribution in [-0.2, 0) is 0 Å². The Balaban J connectivity index is 2.19. The van der Waals surface area contributed by atoms with Gasteiger partial charge >= 0.3 is 0 Å². The lowest BCUT2D eigenvalue weighted by atomic mass is 10.1. The van der Waals surface area contributed by atoms with Crippen molar-refractivity contribution in [3.05, 3.63) is 54.1 Å². The molecule has 0 bridgehead atoms. The molecule has 2 aromatic carbocycles. The minimum absolute atomic E-state index is 0.931. The summed E-state index contributed by atoms with van der Waals surface area (Å²) in [6.07, 6.45) is 0. The molecule has 0 spiro atoms. The standard InChI is InChI=1S/C16H14OS/c1-11-7-8-12-10-16(18-15(12)9-11)13-5-3-4-6-14(13)17-2/h3-10H,1-2H3. The number of benzene rings is 2. The van der Waals surface area contributed by atoms with E-state index in [-0.39, 0.29) is 0 Å². The van der Waals surface area contributed by atoms with Crippen LogP contribution < -0.4 is 4.74 Å². The van der Waals surface area contributed by atoms with Gasteiger partial charge in [-0.2, -0.15) is 0 Å². The maximum atomic E-state index is 5.43. The second-order valence-electron chi connectivity index (χ2n) is 4.35. The van der Waals surface area contributed by atoms with Gasteiger partial charge in [-0.3, -0.25) is 0 Å². The number of aryl methyl sites for hydroxylation is 1. The minimum atomic E-state index is 0.931. The van der Waals surface area contributed by atoms with Gasteiger partial charge in [0.05, 0.1) is 7.11 Å². The first kappa shape index (κ1) is 11.3. The number of fused-ring (bicyclic) bond motifs is 1. The minimum Gasteiger partial charge on any atom is -0.496 e. The van der Waals surface area contributed by atoms with Gasteiger partial charge in [0.1, 0.15) is 5.75 Å². The zero-order valence-electron chi connectivity index (χ0n) is 10.4. The number of hydrogen-bond acceptors (Lipinski definition) is 2. The third-order valence-electron chi connectivity index (χ3n) is 3.05. The molecule has 1 heterocycles. The van der Waals surface area contributed by atoms with Crippen molar-refractivity contribution in [1.82, 2.24) is 0 Å². The molecule has 2 heteroatoms. The Morgan fingerprint density at radius 1 is 1.00 bits per heavy atom. The van der Waals surface area contributed by atoms with Gasteiger partial charge in [0.25, 0.3) is 0 Å². The van der Waals surface area contributed by atoms with E-state index in [0.717, 1.165) is 5.75 Å². The van der Waals surface area contributed by atoms with Crippen molar-refractivity contribution < 1.29 is 4.74 Å². The van der Waals surface area contributed by atoms with Crippen molar-refractivity contribution >= 4 is 21.4 Å². The molecule has 3 aromatic rings. The highest BCUT2D eigenvalue weighted by Gasteiger charge is 2.08. The fourth-order valence-corrected chi connectivity index (χ4v) is 3.31. The van der Waals surface area contributed by atoms with Gasteiger partial charge in [-0.25, -0.2) is 0 Å². The zero-order chi connectivity index (χ0) is 12.5. The Bertz CT molecular complexity index is 697. The molecular formula is C16H14OS. The summed E-state index contributed by atoms with van der Waals surface area (Å²) in [5.41, 5.74) is 2.47. The van der Waals surface area contributed by atoms with Gasteiger partial charge in [0.15, 0.2) is 0 Å². The third-order valence-corrected chi connectivity index (χ3v) is 4.18. The average molecular weight is 254 g/mol. The van der Waals surface area contributed by atoms with Crippen LogP contribution in [0, 0.1) is 6.92 Å². The number of hydrogen-bond donors (Lipinski definition) is 0. The van der Waals surface area contributed by atoms with Crippen LogP contribution in [0.2, 0.25) is 0 Å². The largest absolute Gasteiger partial charge is 0.496 e. The molecule has 0 radical (unpaired) electrons. The maximum Gasteiger partial charge on any atom is 0.127 e. The second-order valence-corrected chi connectivity index (χ2v) is 5.44. The average Bonchev–Trinajstić information content (AvgIpc) is 2.81. The zero-order valence-corrected chi connectivity index (χ0v) is 11.3. The Hall–Kier alpha value is -1.80. The van der Waals surface area contributed by atoms with E-state index in [1.807, 2.05) is 29.5 Å². The van der Waals surface area contributed by atoms with E-state index in [1.165, 1.54) is 26.1 Å². The van der Waals surface area contributed by atoms with E-state index >= 15 is 0 Å². The summed E-state index contributed by atoms with van der Waals surface area (Å²) in [5, 5.41) is 1.30. The fraction of sp³-hybridized carbons (Fsp3) is 0.125. The number of ether oxygens (including phenoxy) is 1. The van der Waals surface area contributed by atoms with Crippen molar-refractivity contribution in [2.45, 2.75) is 6.92 Å². The molecule has 1 nitrogen and oxygen atoms in total. The topological polar surface area (TPSA) is 9.23 Å². The summed E-state index contributed by atoms with van der Waals surface area (Å²) < 4.78 is 6.76. The first-order valence-electron chi connectivity index (χ1n) is 5.91. The predicted octanol–water partition coefficient (Wildman–Crippen LogP) is 4.89.